The zero-order valence-electron chi connectivity index (χ0n) is 9.04. The lowest BCUT2D eigenvalue weighted by atomic mass is 9.96. The molecule has 14 heavy (non-hydrogen) atoms. The number of hydrazine groups is 2. The van der Waals surface area contributed by atoms with Crippen LogP contribution in [-0.4, -0.2) is 17.2 Å². The van der Waals surface area contributed by atoms with Crippen molar-refractivity contribution in [2.45, 2.75) is 69.9 Å². The van der Waals surface area contributed by atoms with Crippen LogP contribution in [0.3, 0.4) is 0 Å². The molecule has 0 heterocycles. The summed E-state index contributed by atoms with van der Waals surface area (Å²) in [6.45, 7) is 0. The molecule has 0 aliphatic heterocycles. The summed E-state index contributed by atoms with van der Waals surface area (Å²) in [5.74, 6) is 6.03. The molecule has 0 aromatic rings. The monoisotopic (exact) mass is 197 g/mol. The summed E-state index contributed by atoms with van der Waals surface area (Å²) in [6.07, 6.45) is 12.0. The van der Waals surface area contributed by atoms with Crippen molar-refractivity contribution in [2.24, 2.45) is 5.84 Å². The van der Waals surface area contributed by atoms with Gasteiger partial charge in [-0.05, 0) is 25.7 Å². The van der Waals surface area contributed by atoms with Crippen molar-refractivity contribution in [3.63, 3.8) is 0 Å². The zero-order valence-corrected chi connectivity index (χ0v) is 9.04. The van der Waals surface area contributed by atoms with E-state index < -0.39 is 0 Å². The second kappa shape index (κ2) is 5.10. The van der Waals surface area contributed by atoms with Crippen LogP contribution in [0.15, 0.2) is 0 Å². The normalized spacial score (nSPS) is 26.1. The number of hydrogen-bond acceptors (Lipinski definition) is 3. The van der Waals surface area contributed by atoms with Crippen LogP contribution < -0.4 is 11.3 Å². The first-order chi connectivity index (χ1) is 6.86. The van der Waals surface area contributed by atoms with E-state index in [9.17, 15) is 0 Å². The number of nitrogens with two attached hydrogens (primary N) is 1. The average molecular weight is 197 g/mol. The van der Waals surface area contributed by atoms with Crippen LogP contribution in [0, 0.1) is 0 Å². The predicted octanol–water partition coefficient (Wildman–Crippen LogP) is 1.94. The first kappa shape index (κ1) is 10.4. The fraction of sp³-hybridized carbons (Fsp3) is 1.00. The molecular formula is C11H23N3. The molecule has 3 heteroatoms. The Balaban J connectivity index is 1.72. The van der Waals surface area contributed by atoms with E-state index in [1.807, 2.05) is 5.12 Å². The molecule has 2 saturated carbocycles. The van der Waals surface area contributed by atoms with E-state index >= 15 is 0 Å². The van der Waals surface area contributed by atoms with Crippen LogP contribution in [-0.2, 0) is 0 Å². The van der Waals surface area contributed by atoms with Crippen molar-refractivity contribution in [1.29, 1.82) is 0 Å². The Hall–Kier alpha value is -0.120. The maximum atomic E-state index is 6.03. The Kier molecular flexibility index (Phi) is 3.79. The Labute approximate surface area is 87.0 Å². The summed E-state index contributed by atoms with van der Waals surface area (Å²) in [5, 5.41) is 1.91. The summed E-state index contributed by atoms with van der Waals surface area (Å²) in [4.78, 5) is 0. The van der Waals surface area contributed by atoms with Gasteiger partial charge in [0.15, 0.2) is 0 Å². The summed E-state index contributed by atoms with van der Waals surface area (Å²) in [5.41, 5.74) is 3.47. The van der Waals surface area contributed by atoms with Crippen molar-refractivity contribution in [1.82, 2.24) is 10.5 Å². The van der Waals surface area contributed by atoms with Gasteiger partial charge < -0.3 is 0 Å². The topological polar surface area (TPSA) is 41.3 Å². The van der Waals surface area contributed by atoms with Gasteiger partial charge in [-0.3, -0.25) is 5.84 Å². The molecule has 0 bridgehead atoms. The van der Waals surface area contributed by atoms with Crippen molar-refractivity contribution >= 4 is 0 Å². The average Bonchev–Trinajstić information content (AvgIpc) is 2.72. The maximum absolute atomic E-state index is 6.03. The SMILES string of the molecule is NN(NC1CCCCC1)C1CCCC1. The molecule has 2 aliphatic carbocycles. The molecular weight excluding hydrogens is 174 g/mol. The minimum absolute atomic E-state index is 0.594. The van der Waals surface area contributed by atoms with E-state index in [1.165, 1.54) is 57.8 Å². The molecule has 0 amide bonds. The van der Waals surface area contributed by atoms with Crippen molar-refractivity contribution in [3.05, 3.63) is 0 Å². The molecule has 0 saturated heterocycles. The summed E-state index contributed by atoms with van der Waals surface area (Å²) in [7, 11) is 0. The standard InChI is InChI=1S/C11H23N3/c12-14(11-8-4-5-9-11)13-10-6-2-1-3-7-10/h10-11,13H,1-9,12H2. The lowest BCUT2D eigenvalue weighted by molar-refractivity contribution is 0.0902. The highest BCUT2D eigenvalue weighted by atomic mass is 15.7. The van der Waals surface area contributed by atoms with E-state index in [0.29, 0.717) is 12.1 Å². The molecule has 0 aromatic carbocycles. The largest absolute Gasteiger partial charge is 0.255 e. The number of hydrogen-bond donors (Lipinski definition) is 2. The van der Waals surface area contributed by atoms with Gasteiger partial charge in [-0.25, -0.2) is 5.43 Å². The minimum atomic E-state index is 0.594. The molecule has 0 spiro atoms. The van der Waals surface area contributed by atoms with Gasteiger partial charge in [-0.1, -0.05) is 32.1 Å². The molecule has 3 nitrogen and oxygen atoms in total. The second-order valence-corrected chi connectivity index (χ2v) is 4.81. The summed E-state index contributed by atoms with van der Waals surface area (Å²) in [6, 6.07) is 1.24. The van der Waals surface area contributed by atoms with Crippen LogP contribution >= 0.6 is 0 Å². The second-order valence-electron chi connectivity index (χ2n) is 4.81. The lowest BCUT2D eigenvalue weighted by Gasteiger charge is -2.31. The zero-order chi connectivity index (χ0) is 9.80. The molecule has 2 aliphatic rings. The first-order valence-electron chi connectivity index (χ1n) is 6.16. The molecule has 0 aromatic heterocycles. The van der Waals surface area contributed by atoms with Gasteiger partial charge in [0.2, 0.25) is 0 Å². The smallest absolute Gasteiger partial charge is 0.0397 e. The number of nitrogens with one attached hydrogen (secondary N) is 1. The quantitative estimate of drug-likeness (QED) is 0.536. The molecule has 0 radical (unpaired) electrons. The third kappa shape index (κ3) is 2.69. The third-order valence-corrected chi connectivity index (χ3v) is 3.65. The molecule has 3 N–H and O–H groups in total. The van der Waals surface area contributed by atoms with Gasteiger partial charge >= 0.3 is 0 Å². The molecule has 0 atom stereocenters. The highest BCUT2D eigenvalue weighted by Gasteiger charge is 2.23. The van der Waals surface area contributed by atoms with Gasteiger partial charge in [-0.15, -0.1) is 0 Å². The van der Waals surface area contributed by atoms with Gasteiger partial charge in [0.1, 0.15) is 0 Å². The molecule has 2 fully saturated rings. The molecule has 82 valence electrons. The summed E-state index contributed by atoms with van der Waals surface area (Å²) < 4.78 is 0. The van der Waals surface area contributed by atoms with E-state index in [2.05, 4.69) is 5.43 Å². The summed E-state index contributed by atoms with van der Waals surface area (Å²) >= 11 is 0. The first-order valence-corrected chi connectivity index (χ1v) is 6.16. The Bertz CT molecular complexity index is 160. The van der Waals surface area contributed by atoms with Crippen LogP contribution in [0.25, 0.3) is 0 Å². The van der Waals surface area contributed by atoms with Gasteiger partial charge in [0, 0.05) is 12.1 Å². The van der Waals surface area contributed by atoms with Crippen molar-refractivity contribution < 1.29 is 0 Å². The van der Waals surface area contributed by atoms with Gasteiger partial charge in [-0.2, -0.15) is 5.12 Å². The Morgan fingerprint density at radius 3 is 2.07 bits per heavy atom. The Morgan fingerprint density at radius 1 is 0.857 bits per heavy atom. The fourth-order valence-corrected chi connectivity index (χ4v) is 2.73. The maximum Gasteiger partial charge on any atom is 0.0397 e. The van der Waals surface area contributed by atoms with E-state index in [4.69, 9.17) is 5.84 Å². The van der Waals surface area contributed by atoms with E-state index in [1.54, 1.807) is 0 Å². The highest BCUT2D eigenvalue weighted by Crippen LogP contribution is 2.22. The van der Waals surface area contributed by atoms with Crippen LogP contribution in [0.5, 0.6) is 0 Å². The predicted molar refractivity (Wildman–Crippen MR) is 58.3 cm³/mol. The van der Waals surface area contributed by atoms with E-state index in [-0.39, 0.29) is 0 Å². The number of rotatable bonds is 3. The van der Waals surface area contributed by atoms with Crippen LogP contribution in [0.2, 0.25) is 0 Å². The number of nitrogens with zero attached hydrogens (tertiary/aromatic N) is 1. The lowest BCUT2D eigenvalue weighted by Crippen LogP contribution is -2.54. The van der Waals surface area contributed by atoms with Gasteiger partial charge in [0.05, 0.1) is 0 Å². The fourth-order valence-electron chi connectivity index (χ4n) is 2.73. The van der Waals surface area contributed by atoms with Crippen LogP contribution in [0.1, 0.15) is 57.8 Å². The highest BCUT2D eigenvalue weighted by molar-refractivity contribution is 4.76. The molecule has 2 rings (SSSR count). The molecule has 0 unspecified atom stereocenters. The van der Waals surface area contributed by atoms with Crippen LogP contribution in [0.4, 0.5) is 0 Å². The van der Waals surface area contributed by atoms with Gasteiger partial charge in [0.25, 0.3) is 0 Å². The van der Waals surface area contributed by atoms with Crippen molar-refractivity contribution in [2.75, 3.05) is 0 Å². The third-order valence-electron chi connectivity index (χ3n) is 3.65. The van der Waals surface area contributed by atoms with E-state index in [0.717, 1.165) is 0 Å². The minimum Gasteiger partial charge on any atom is -0.255 e. The Morgan fingerprint density at radius 2 is 1.43 bits per heavy atom. The van der Waals surface area contributed by atoms with Crippen molar-refractivity contribution in [3.8, 4) is 0 Å².